The lowest BCUT2D eigenvalue weighted by Crippen LogP contribution is -2.09. The molecule has 90 valence electrons. The van der Waals surface area contributed by atoms with Crippen LogP contribution in [-0.4, -0.2) is 21.1 Å². The van der Waals surface area contributed by atoms with Crippen molar-refractivity contribution in [3.05, 3.63) is 42.5 Å². The van der Waals surface area contributed by atoms with Gasteiger partial charge in [-0.15, -0.1) is 0 Å². The van der Waals surface area contributed by atoms with Crippen molar-refractivity contribution in [1.82, 2.24) is 14.5 Å². The van der Waals surface area contributed by atoms with Crippen molar-refractivity contribution in [3.63, 3.8) is 0 Å². The number of hydrogen-bond acceptors (Lipinski definition) is 3. The monoisotopic (exact) mass is 230 g/mol. The van der Waals surface area contributed by atoms with E-state index in [0.29, 0.717) is 0 Å². The molecule has 2 aromatic heterocycles. The van der Waals surface area contributed by atoms with Crippen molar-refractivity contribution in [2.24, 2.45) is 0 Å². The third-order valence-electron chi connectivity index (χ3n) is 2.61. The fraction of sp³-hybridized carbons (Fsp3) is 0.385. The molecule has 0 saturated heterocycles. The van der Waals surface area contributed by atoms with E-state index < -0.39 is 0 Å². The van der Waals surface area contributed by atoms with Gasteiger partial charge >= 0.3 is 0 Å². The number of aromatic nitrogens is 3. The van der Waals surface area contributed by atoms with Gasteiger partial charge in [0.05, 0.1) is 0 Å². The largest absolute Gasteiger partial charge is 0.356 e. The van der Waals surface area contributed by atoms with Crippen LogP contribution in [0.2, 0.25) is 0 Å². The first-order chi connectivity index (χ1) is 8.40. The van der Waals surface area contributed by atoms with Crippen molar-refractivity contribution in [3.8, 4) is 0 Å². The Hall–Kier alpha value is -1.84. The van der Waals surface area contributed by atoms with Gasteiger partial charge in [0.2, 0.25) is 5.95 Å². The smallest absolute Gasteiger partial charge is 0.202 e. The van der Waals surface area contributed by atoms with E-state index >= 15 is 0 Å². The van der Waals surface area contributed by atoms with Gasteiger partial charge in [0, 0.05) is 37.9 Å². The molecule has 0 saturated carbocycles. The third kappa shape index (κ3) is 3.31. The second-order valence-corrected chi connectivity index (χ2v) is 3.98. The van der Waals surface area contributed by atoms with Crippen LogP contribution in [0.3, 0.4) is 0 Å². The van der Waals surface area contributed by atoms with E-state index in [0.717, 1.165) is 31.9 Å². The first-order valence-corrected chi connectivity index (χ1v) is 6.04. The average molecular weight is 230 g/mol. The number of anilines is 1. The first kappa shape index (κ1) is 11.6. The van der Waals surface area contributed by atoms with Gasteiger partial charge in [-0.1, -0.05) is 13.0 Å². The molecule has 4 nitrogen and oxygen atoms in total. The fourth-order valence-electron chi connectivity index (χ4n) is 1.69. The summed E-state index contributed by atoms with van der Waals surface area (Å²) >= 11 is 0. The molecule has 0 aromatic carbocycles. The van der Waals surface area contributed by atoms with Crippen molar-refractivity contribution in [2.75, 3.05) is 11.9 Å². The molecule has 17 heavy (non-hydrogen) atoms. The number of nitrogens with zero attached hydrogens (tertiary/aromatic N) is 3. The van der Waals surface area contributed by atoms with E-state index in [1.807, 2.05) is 24.7 Å². The van der Waals surface area contributed by atoms with Crippen LogP contribution in [0.1, 0.15) is 18.9 Å². The second kappa shape index (κ2) is 6.03. The average Bonchev–Trinajstić information content (AvgIpc) is 2.82. The highest BCUT2D eigenvalue weighted by molar-refractivity contribution is 5.25. The van der Waals surface area contributed by atoms with E-state index in [2.05, 4.69) is 32.8 Å². The molecule has 0 unspecified atom stereocenters. The van der Waals surface area contributed by atoms with Crippen LogP contribution >= 0.6 is 0 Å². The standard InChI is InChI=1S/C13H18N4/c1-2-6-15-13-16-8-10-17(13)9-5-12-4-3-7-14-11-12/h3-4,7-8,10-11H,2,5-6,9H2,1H3,(H,15,16). The number of pyridine rings is 1. The van der Waals surface area contributed by atoms with Crippen molar-refractivity contribution >= 4 is 5.95 Å². The van der Waals surface area contributed by atoms with Gasteiger partial charge in [-0.05, 0) is 24.5 Å². The van der Waals surface area contributed by atoms with E-state index in [1.54, 1.807) is 6.20 Å². The summed E-state index contributed by atoms with van der Waals surface area (Å²) in [6, 6.07) is 4.07. The van der Waals surface area contributed by atoms with Crippen molar-refractivity contribution in [2.45, 2.75) is 26.3 Å². The van der Waals surface area contributed by atoms with E-state index in [1.165, 1.54) is 5.56 Å². The predicted octanol–water partition coefficient (Wildman–Crippen LogP) is 2.34. The second-order valence-electron chi connectivity index (χ2n) is 3.98. The molecule has 0 spiro atoms. The highest BCUT2D eigenvalue weighted by atomic mass is 15.2. The van der Waals surface area contributed by atoms with Crippen LogP contribution in [0.5, 0.6) is 0 Å². The molecule has 0 radical (unpaired) electrons. The number of rotatable bonds is 6. The van der Waals surface area contributed by atoms with Gasteiger partial charge in [-0.3, -0.25) is 4.98 Å². The Kier molecular flexibility index (Phi) is 4.13. The molecule has 2 rings (SSSR count). The van der Waals surface area contributed by atoms with Gasteiger partial charge in [-0.2, -0.15) is 0 Å². The van der Waals surface area contributed by atoms with Gasteiger partial charge in [0.1, 0.15) is 0 Å². The molecule has 0 atom stereocenters. The Balaban J connectivity index is 1.92. The lowest BCUT2D eigenvalue weighted by molar-refractivity contribution is 0.696. The maximum atomic E-state index is 4.30. The molecule has 0 aliphatic rings. The summed E-state index contributed by atoms with van der Waals surface area (Å²) in [5.74, 6) is 0.954. The first-order valence-electron chi connectivity index (χ1n) is 6.04. The van der Waals surface area contributed by atoms with Crippen LogP contribution in [0.15, 0.2) is 36.9 Å². The lowest BCUT2D eigenvalue weighted by atomic mass is 10.2. The lowest BCUT2D eigenvalue weighted by Gasteiger charge is -2.08. The maximum Gasteiger partial charge on any atom is 0.202 e. The third-order valence-corrected chi connectivity index (χ3v) is 2.61. The van der Waals surface area contributed by atoms with E-state index in [4.69, 9.17) is 0 Å². The van der Waals surface area contributed by atoms with Crippen LogP contribution in [0.4, 0.5) is 5.95 Å². The molecule has 1 N–H and O–H groups in total. The van der Waals surface area contributed by atoms with Crippen LogP contribution in [0, 0.1) is 0 Å². The Labute approximate surface area is 102 Å². The maximum absolute atomic E-state index is 4.30. The van der Waals surface area contributed by atoms with Crippen molar-refractivity contribution in [1.29, 1.82) is 0 Å². The number of hydrogen-bond donors (Lipinski definition) is 1. The van der Waals surface area contributed by atoms with Crippen molar-refractivity contribution < 1.29 is 0 Å². The zero-order valence-corrected chi connectivity index (χ0v) is 10.1. The fourth-order valence-corrected chi connectivity index (χ4v) is 1.69. The topological polar surface area (TPSA) is 42.7 Å². The summed E-state index contributed by atoms with van der Waals surface area (Å²) in [5.41, 5.74) is 1.25. The van der Waals surface area contributed by atoms with Crippen LogP contribution < -0.4 is 5.32 Å². The normalized spacial score (nSPS) is 10.4. The molecule has 0 aliphatic heterocycles. The molecule has 4 heteroatoms. The summed E-state index contributed by atoms with van der Waals surface area (Å²) < 4.78 is 2.14. The minimum atomic E-state index is 0.928. The van der Waals surface area contributed by atoms with Crippen LogP contribution in [0.25, 0.3) is 0 Å². The Morgan fingerprint density at radius 1 is 1.35 bits per heavy atom. The van der Waals surface area contributed by atoms with Gasteiger partial charge in [-0.25, -0.2) is 4.98 Å². The number of imidazole rings is 1. The summed E-state index contributed by atoms with van der Waals surface area (Å²) in [6.07, 6.45) is 9.64. The molecule has 0 amide bonds. The van der Waals surface area contributed by atoms with Gasteiger partial charge < -0.3 is 9.88 Å². The molecule has 2 heterocycles. The summed E-state index contributed by atoms with van der Waals surface area (Å²) in [4.78, 5) is 8.42. The van der Waals surface area contributed by atoms with Crippen LogP contribution in [-0.2, 0) is 13.0 Å². The zero-order valence-electron chi connectivity index (χ0n) is 10.1. The summed E-state index contributed by atoms with van der Waals surface area (Å²) in [5, 5.41) is 3.32. The highest BCUT2D eigenvalue weighted by Gasteiger charge is 2.01. The zero-order chi connectivity index (χ0) is 11.9. The van der Waals surface area contributed by atoms with Gasteiger partial charge in [0.25, 0.3) is 0 Å². The van der Waals surface area contributed by atoms with E-state index in [9.17, 15) is 0 Å². The number of nitrogens with one attached hydrogen (secondary N) is 1. The Morgan fingerprint density at radius 3 is 3.06 bits per heavy atom. The summed E-state index contributed by atoms with van der Waals surface area (Å²) in [6.45, 7) is 4.04. The molecule has 0 fully saturated rings. The minimum Gasteiger partial charge on any atom is -0.356 e. The molecule has 0 aliphatic carbocycles. The Bertz CT molecular complexity index is 436. The molecular weight excluding hydrogens is 212 g/mol. The molecular formula is C13H18N4. The Morgan fingerprint density at radius 2 is 2.29 bits per heavy atom. The molecule has 0 bridgehead atoms. The minimum absolute atomic E-state index is 0.928. The predicted molar refractivity (Wildman–Crippen MR) is 68.9 cm³/mol. The van der Waals surface area contributed by atoms with E-state index in [-0.39, 0.29) is 0 Å². The molecule has 2 aromatic rings. The van der Waals surface area contributed by atoms with Gasteiger partial charge in [0.15, 0.2) is 0 Å². The summed E-state index contributed by atoms with van der Waals surface area (Å²) in [7, 11) is 0. The number of aryl methyl sites for hydroxylation is 2. The highest BCUT2D eigenvalue weighted by Crippen LogP contribution is 2.07. The quantitative estimate of drug-likeness (QED) is 0.828. The SMILES string of the molecule is CCCNc1nccn1CCc1cccnc1.